The van der Waals surface area contributed by atoms with Gasteiger partial charge in [0, 0.05) is 6.08 Å². The summed E-state index contributed by atoms with van der Waals surface area (Å²) in [5, 5.41) is 13.0. The molecule has 1 aliphatic heterocycles. The molecule has 1 rings (SSSR count). The lowest BCUT2D eigenvalue weighted by Gasteiger charge is -2.12. The number of nitrogens with zero attached hydrogens (tertiary/aromatic N) is 1. The summed E-state index contributed by atoms with van der Waals surface area (Å²) >= 11 is 11.0. The molecule has 6 heteroatoms. The van der Waals surface area contributed by atoms with Gasteiger partial charge in [0.1, 0.15) is 5.16 Å². The second kappa shape index (κ2) is 3.11. The largest absolute Gasteiger partial charge is 0.351 e. The van der Waals surface area contributed by atoms with Gasteiger partial charge in [-0.2, -0.15) is 0 Å². The molecular weight excluding hydrogens is 191 g/mol. The molecule has 4 nitrogen and oxygen atoms in total. The molecule has 60 valence electrons. The Bertz CT molecular complexity index is 249. The summed E-state index contributed by atoms with van der Waals surface area (Å²) in [4.78, 5) is 9.66. The molecule has 1 unspecified atom stereocenters. The van der Waals surface area contributed by atoms with E-state index in [9.17, 15) is 10.1 Å². The first-order valence-electron chi connectivity index (χ1n) is 2.73. The molecule has 0 saturated carbocycles. The molecule has 0 amide bonds. The molecular formula is C5H4Cl2N2O2. The molecule has 0 spiro atoms. The lowest BCUT2D eigenvalue weighted by atomic mass is 10.3. The Morgan fingerprint density at radius 1 is 1.64 bits per heavy atom. The first-order chi connectivity index (χ1) is 5.11. The standard InChI is InChI=1S/C5H4Cl2N2O2/c6-4-2-1-3(9(10)11)5(7)8-4/h1-2,5,8H. The fourth-order valence-electron chi connectivity index (χ4n) is 0.640. The Balaban J connectivity index is 2.87. The number of hydrogen-bond acceptors (Lipinski definition) is 3. The SMILES string of the molecule is O=[N+]([O-])C1=CC=C(Cl)NC1Cl. The van der Waals surface area contributed by atoms with Gasteiger partial charge in [0.15, 0.2) is 5.50 Å². The van der Waals surface area contributed by atoms with Crippen LogP contribution in [0.25, 0.3) is 0 Å². The Morgan fingerprint density at radius 2 is 2.27 bits per heavy atom. The summed E-state index contributed by atoms with van der Waals surface area (Å²) in [5.41, 5.74) is -0.946. The van der Waals surface area contributed by atoms with E-state index in [2.05, 4.69) is 5.32 Å². The van der Waals surface area contributed by atoms with Crippen molar-refractivity contribution in [3.05, 3.63) is 33.1 Å². The Hall–Kier alpha value is -0.740. The van der Waals surface area contributed by atoms with Crippen molar-refractivity contribution in [2.45, 2.75) is 5.50 Å². The summed E-state index contributed by atoms with van der Waals surface area (Å²) in [5.74, 6) is 0. The van der Waals surface area contributed by atoms with Gasteiger partial charge in [-0.3, -0.25) is 10.1 Å². The van der Waals surface area contributed by atoms with Crippen molar-refractivity contribution < 1.29 is 4.92 Å². The molecule has 0 radical (unpaired) electrons. The molecule has 0 aromatic carbocycles. The molecule has 0 aromatic rings. The first kappa shape index (κ1) is 8.36. The monoisotopic (exact) mass is 194 g/mol. The molecule has 1 heterocycles. The van der Waals surface area contributed by atoms with Crippen molar-refractivity contribution in [2.24, 2.45) is 0 Å². The molecule has 1 atom stereocenters. The normalized spacial score (nSPS) is 23.3. The maximum atomic E-state index is 10.2. The minimum Gasteiger partial charge on any atom is -0.351 e. The van der Waals surface area contributed by atoms with Crippen LogP contribution in [-0.2, 0) is 0 Å². The van der Waals surface area contributed by atoms with E-state index in [1.54, 1.807) is 0 Å². The van der Waals surface area contributed by atoms with E-state index in [4.69, 9.17) is 23.2 Å². The van der Waals surface area contributed by atoms with E-state index < -0.39 is 10.4 Å². The predicted molar refractivity (Wildman–Crippen MR) is 41.8 cm³/mol. The summed E-state index contributed by atoms with van der Waals surface area (Å²) < 4.78 is 0. The summed E-state index contributed by atoms with van der Waals surface area (Å²) in [7, 11) is 0. The van der Waals surface area contributed by atoms with Gasteiger partial charge >= 0.3 is 0 Å². The van der Waals surface area contributed by atoms with Crippen LogP contribution < -0.4 is 5.32 Å². The van der Waals surface area contributed by atoms with Gasteiger partial charge in [0.25, 0.3) is 5.70 Å². The van der Waals surface area contributed by atoms with Gasteiger partial charge in [-0.25, -0.2) is 0 Å². The maximum Gasteiger partial charge on any atom is 0.283 e. The highest BCUT2D eigenvalue weighted by Gasteiger charge is 2.24. The minimum atomic E-state index is -0.845. The number of nitrogens with one attached hydrogen (secondary N) is 1. The van der Waals surface area contributed by atoms with Crippen LogP contribution >= 0.6 is 23.2 Å². The molecule has 0 aliphatic carbocycles. The zero-order valence-corrected chi connectivity index (χ0v) is 6.76. The molecule has 1 N–H and O–H groups in total. The quantitative estimate of drug-likeness (QED) is 0.297. The molecule has 0 saturated heterocycles. The van der Waals surface area contributed by atoms with E-state index in [0.717, 1.165) is 0 Å². The molecule has 0 aromatic heterocycles. The number of alkyl halides is 1. The Morgan fingerprint density at radius 3 is 2.73 bits per heavy atom. The van der Waals surface area contributed by atoms with E-state index in [-0.39, 0.29) is 5.70 Å². The van der Waals surface area contributed by atoms with Crippen molar-refractivity contribution in [2.75, 3.05) is 0 Å². The minimum absolute atomic E-state index is 0.101. The van der Waals surface area contributed by atoms with Crippen LogP contribution in [0.4, 0.5) is 0 Å². The van der Waals surface area contributed by atoms with Gasteiger partial charge in [0.05, 0.1) is 4.92 Å². The second-order valence-electron chi connectivity index (χ2n) is 1.87. The van der Waals surface area contributed by atoms with E-state index >= 15 is 0 Å². The van der Waals surface area contributed by atoms with Crippen molar-refractivity contribution in [3.63, 3.8) is 0 Å². The number of dihydropyridines is 1. The van der Waals surface area contributed by atoms with Crippen molar-refractivity contribution >= 4 is 23.2 Å². The van der Waals surface area contributed by atoms with Crippen molar-refractivity contribution in [1.29, 1.82) is 0 Å². The van der Waals surface area contributed by atoms with Gasteiger partial charge in [-0.05, 0) is 6.08 Å². The maximum absolute atomic E-state index is 10.2. The highest BCUT2D eigenvalue weighted by atomic mass is 35.5. The highest BCUT2D eigenvalue weighted by Crippen LogP contribution is 2.16. The predicted octanol–water partition coefficient (Wildman–Crippen LogP) is 1.40. The smallest absolute Gasteiger partial charge is 0.283 e. The van der Waals surface area contributed by atoms with Crippen LogP contribution in [0.1, 0.15) is 0 Å². The number of halogens is 2. The third-order valence-corrected chi connectivity index (χ3v) is 1.70. The fourth-order valence-corrected chi connectivity index (χ4v) is 1.14. The van der Waals surface area contributed by atoms with Crippen LogP contribution in [0.2, 0.25) is 0 Å². The lowest BCUT2D eigenvalue weighted by molar-refractivity contribution is -0.427. The summed E-state index contributed by atoms with van der Waals surface area (Å²) in [6.07, 6.45) is 2.66. The number of allylic oxidation sites excluding steroid dienone is 2. The number of hydrogen-bond donors (Lipinski definition) is 1. The topological polar surface area (TPSA) is 55.2 Å². The Kier molecular flexibility index (Phi) is 2.36. The van der Waals surface area contributed by atoms with Crippen molar-refractivity contribution in [1.82, 2.24) is 5.32 Å². The van der Waals surface area contributed by atoms with Gasteiger partial charge in [-0.1, -0.05) is 23.2 Å². The zero-order valence-electron chi connectivity index (χ0n) is 5.25. The van der Waals surface area contributed by atoms with Crippen LogP contribution in [0, 0.1) is 10.1 Å². The summed E-state index contributed by atoms with van der Waals surface area (Å²) in [6, 6.07) is 0. The average Bonchev–Trinajstić information content (AvgIpc) is 1.85. The van der Waals surface area contributed by atoms with E-state index in [0.29, 0.717) is 5.16 Å². The highest BCUT2D eigenvalue weighted by molar-refractivity contribution is 6.30. The third kappa shape index (κ3) is 1.85. The average molecular weight is 195 g/mol. The lowest BCUT2D eigenvalue weighted by Crippen LogP contribution is -2.28. The third-order valence-electron chi connectivity index (χ3n) is 1.14. The number of rotatable bonds is 1. The fraction of sp³-hybridized carbons (Fsp3) is 0.200. The number of nitro groups is 1. The second-order valence-corrected chi connectivity index (χ2v) is 2.71. The van der Waals surface area contributed by atoms with Gasteiger partial charge < -0.3 is 5.32 Å². The molecule has 1 aliphatic rings. The van der Waals surface area contributed by atoms with Crippen LogP contribution in [0.15, 0.2) is 23.0 Å². The van der Waals surface area contributed by atoms with E-state index in [1.807, 2.05) is 0 Å². The first-order valence-corrected chi connectivity index (χ1v) is 3.55. The molecule has 11 heavy (non-hydrogen) atoms. The summed E-state index contributed by atoms with van der Waals surface area (Å²) in [6.45, 7) is 0. The van der Waals surface area contributed by atoms with Crippen LogP contribution in [0.3, 0.4) is 0 Å². The Labute approximate surface area is 72.6 Å². The van der Waals surface area contributed by atoms with Gasteiger partial charge in [-0.15, -0.1) is 0 Å². The molecule has 0 fully saturated rings. The van der Waals surface area contributed by atoms with Crippen molar-refractivity contribution in [3.8, 4) is 0 Å². The van der Waals surface area contributed by atoms with Gasteiger partial charge in [0.2, 0.25) is 0 Å². The zero-order chi connectivity index (χ0) is 8.43. The molecule has 0 bridgehead atoms. The van der Waals surface area contributed by atoms with Crippen LogP contribution in [-0.4, -0.2) is 10.4 Å². The van der Waals surface area contributed by atoms with Crippen LogP contribution in [0.5, 0.6) is 0 Å². The van der Waals surface area contributed by atoms with E-state index in [1.165, 1.54) is 12.2 Å².